The van der Waals surface area contributed by atoms with Crippen LogP contribution < -0.4 is 0 Å². The predicted molar refractivity (Wildman–Crippen MR) is 114 cm³/mol. The molecule has 134 valence electrons. The first-order valence-electron chi connectivity index (χ1n) is 9.29. The number of Topliss-reactive ketones (excluding diaryl/α,β-unsaturated/α-hetero) is 1. The Kier molecular flexibility index (Phi) is 3.80. The maximum absolute atomic E-state index is 13.3. The molecular formula is C25H18N2O. The van der Waals surface area contributed by atoms with E-state index in [-0.39, 0.29) is 5.78 Å². The number of H-pyrrole nitrogens is 1. The fourth-order valence-electron chi connectivity index (χ4n) is 3.79. The third-order valence-electron chi connectivity index (χ3n) is 5.19. The predicted octanol–water partition coefficient (Wildman–Crippen LogP) is 5.88. The number of hydrogen-bond acceptors (Lipinski definition) is 2. The average Bonchev–Trinajstić information content (AvgIpc) is 3.16. The molecule has 0 unspecified atom stereocenters. The zero-order valence-corrected chi connectivity index (χ0v) is 15.4. The number of nitrogens with zero attached hydrogens (tertiary/aromatic N) is 1. The number of benzene rings is 3. The van der Waals surface area contributed by atoms with Gasteiger partial charge in [-0.2, -0.15) is 0 Å². The minimum absolute atomic E-state index is 0.0324. The summed E-state index contributed by atoms with van der Waals surface area (Å²) in [6, 6.07) is 23.7. The first kappa shape index (κ1) is 16.5. The highest BCUT2D eigenvalue weighted by Crippen LogP contribution is 2.33. The lowest BCUT2D eigenvalue weighted by atomic mass is 9.85. The third-order valence-corrected chi connectivity index (χ3v) is 5.19. The van der Waals surface area contributed by atoms with Gasteiger partial charge in [0.2, 0.25) is 0 Å². The maximum Gasteiger partial charge on any atom is 0.194 e. The standard InChI is InChI=1S/C25H18N2O/c1-16-8-7-13-19-22(15-26-24(16)19)21-14-23(27-17-9-3-2-4-10-17)18-11-5-6-12-20(18)25(21)28/h2-15,26H,1H3. The minimum atomic E-state index is 0.0324. The zero-order valence-electron chi connectivity index (χ0n) is 15.4. The van der Waals surface area contributed by atoms with E-state index in [1.165, 1.54) is 0 Å². The number of hydrogen-bond donors (Lipinski definition) is 1. The van der Waals surface area contributed by atoms with Crippen LogP contribution in [0.4, 0.5) is 5.69 Å². The van der Waals surface area contributed by atoms with E-state index in [1.807, 2.05) is 72.9 Å². The molecule has 0 spiro atoms. The van der Waals surface area contributed by atoms with Crippen molar-refractivity contribution in [2.75, 3.05) is 0 Å². The first-order valence-corrected chi connectivity index (χ1v) is 9.29. The Bertz CT molecular complexity index is 1280. The van der Waals surface area contributed by atoms with Gasteiger partial charge in [0.05, 0.1) is 11.4 Å². The minimum Gasteiger partial charge on any atom is -0.360 e. The Morgan fingerprint density at radius 2 is 1.54 bits per heavy atom. The average molecular weight is 362 g/mol. The van der Waals surface area contributed by atoms with Crippen LogP contribution in [0.1, 0.15) is 27.0 Å². The number of aromatic nitrogens is 1. The molecule has 4 aromatic rings. The Hall–Kier alpha value is -3.72. The summed E-state index contributed by atoms with van der Waals surface area (Å²) >= 11 is 0. The first-order chi connectivity index (χ1) is 13.7. The molecule has 0 saturated heterocycles. The van der Waals surface area contributed by atoms with E-state index in [1.54, 1.807) is 0 Å². The molecule has 0 radical (unpaired) electrons. The summed E-state index contributed by atoms with van der Waals surface area (Å²) in [6.45, 7) is 2.07. The summed E-state index contributed by atoms with van der Waals surface area (Å²) in [5.74, 6) is 0.0324. The fraction of sp³-hybridized carbons (Fsp3) is 0.0400. The number of aryl methyl sites for hydroxylation is 1. The van der Waals surface area contributed by atoms with Gasteiger partial charge in [0.25, 0.3) is 0 Å². The lowest BCUT2D eigenvalue weighted by Gasteiger charge is -2.17. The van der Waals surface area contributed by atoms with Crippen molar-refractivity contribution >= 4 is 33.7 Å². The van der Waals surface area contributed by atoms with Crippen LogP contribution in [0.3, 0.4) is 0 Å². The number of allylic oxidation sites excluding steroid dienone is 2. The number of aliphatic imine (C=N–C) groups is 1. The van der Waals surface area contributed by atoms with Crippen molar-refractivity contribution in [3.05, 3.63) is 107 Å². The molecule has 0 saturated carbocycles. The van der Waals surface area contributed by atoms with Gasteiger partial charge < -0.3 is 4.98 Å². The lowest BCUT2D eigenvalue weighted by Crippen LogP contribution is -2.16. The topological polar surface area (TPSA) is 45.2 Å². The summed E-state index contributed by atoms with van der Waals surface area (Å²) in [5, 5.41) is 1.05. The van der Waals surface area contributed by atoms with Gasteiger partial charge in [-0.15, -0.1) is 0 Å². The summed E-state index contributed by atoms with van der Waals surface area (Å²) in [4.78, 5) is 21.5. The highest BCUT2D eigenvalue weighted by atomic mass is 16.1. The van der Waals surface area contributed by atoms with Crippen molar-refractivity contribution in [3.8, 4) is 0 Å². The second-order valence-electron chi connectivity index (χ2n) is 6.97. The van der Waals surface area contributed by atoms with E-state index >= 15 is 0 Å². The van der Waals surface area contributed by atoms with Gasteiger partial charge in [0.15, 0.2) is 5.78 Å². The molecule has 5 rings (SSSR count). The second-order valence-corrected chi connectivity index (χ2v) is 6.97. The van der Waals surface area contributed by atoms with Crippen LogP contribution in [0.5, 0.6) is 0 Å². The number of ketones is 1. The van der Waals surface area contributed by atoms with Crippen LogP contribution in [-0.2, 0) is 0 Å². The van der Waals surface area contributed by atoms with Gasteiger partial charge in [-0.1, -0.05) is 60.7 Å². The Labute approximate surface area is 163 Å². The van der Waals surface area contributed by atoms with Crippen molar-refractivity contribution in [3.63, 3.8) is 0 Å². The van der Waals surface area contributed by atoms with E-state index < -0.39 is 0 Å². The number of carbonyl (C=O) groups is 1. The molecule has 28 heavy (non-hydrogen) atoms. The van der Waals surface area contributed by atoms with Crippen LogP contribution in [0, 0.1) is 6.92 Å². The quantitative estimate of drug-likeness (QED) is 0.476. The van der Waals surface area contributed by atoms with Gasteiger partial charge in [-0.3, -0.25) is 4.79 Å². The van der Waals surface area contributed by atoms with E-state index in [0.29, 0.717) is 11.1 Å². The number of para-hydroxylation sites is 2. The van der Waals surface area contributed by atoms with Crippen LogP contribution in [-0.4, -0.2) is 16.5 Å². The fourth-order valence-corrected chi connectivity index (χ4v) is 3.79. The van der Waals surface area contributed by atoms with Gasteiger partial charge >= 0.3 is 0 Å². The van der Waals surface area contributed by atoms with Crippen molar-refractivity contribution in [2.24, 2.45) is 4.99 Å². The SMILES string of the molecule is Cc1cccc2c(C3=CC(=Nc4ccccc4)c4ccccc4C3=O)c[nH]c12. The molecule has 1 heterocycles. The van der Waals surface area contributed by atoms with Crippen LogP contribution in [0.2, 0.25) is 0 Å². The molecule has 0 bridgehead atoms. The van der Waals surface area contributed by atoms with Gasteiger partial charge in [0, 0.05) is 39.4 Å². The van der Waals surface area contributed by atoms with E-state index in [2.05, 4.69) is 24.0 Å². The molecule has 1 aliphatic rings. The van der Waals surface area contributed by atoms with Gasteiger partial charge in [-0.25, -0.2) is 4.99 Å². The molecule has 3 heteroatoms. The summed E-state index contributed by atoms with van der Waals surface area (Å²) in [7, 11) is 0. The molecule has 1 aromatic heterocycles. The Balaban J connectivity index is 1.75. The second kappa shape index (κ2) is 6.46. The summed E-state index contributed by atoms with van der Waals surface area (Å²) in [5.41, 5.74) is 7.04. The van der Waals surface area contributed by atoms with Gasteiger partial charge in [0.1, 0.15) is 0 Å². The van der Waals surface area contributed by atoms with Crippen molar-refractivity contribution < 1.29 is 4.79 Å². The van der Waals surface area contributed by atoms with E-state index in [4.69, 9.17) is 4.99 Å². The molecule has 0 fully saturated rings. The molecule has 3 aromatic carbocycles. The number of nitrogens with one attached hydrogen (secondary N) is 1. The largest absolute Gasteiger partial charge is 0.360 e. The van der Waals surface area contributed by atoms with Gasteiger partial charge in [-0.05, 0) is 30.7 Å². The lowest BCUT2D eigenvalue weighted by molar-refractivity contribution is 0.105. The Morgan fingerprint density at radius 1 is 0.786 bits per heavy atom. The highest BCUT2D eigenvalue weighted by molar-refractivity contribution is 6.40. The normalized spacial score (nSPS) is 15.0. The summed E-state index contributed by atoms with van der Waals surface area (Å²) in [6.07, 6.45) is 3.85. The van der Waals surface area contributed by atoms with Crippen LogP contribution >= 0.6 is 0 Å². The molecule has 0 amide bonds. The van der Waals surface area contributed by atoms with E-state index in [9.17, 15) is 4.79 Å². The number of fused-ring (bicyclic) bond motifs is 2. The molecular weight excluding hydrogens is 344 g/mol. The monoisotopic (exact) mass is 362 g/mol. The number of aromatic amines is 1. The summed E-state index contributed by atoms with van der Waals surface area (Å²) < 4.78 is 0. The van der Waals surface area contributed by atoms with Crippen LogP contribution in [0.15, 0.2) is 90.1 Å². The van der Waals surface area contributed by atoms with E-state index in [0.717, 1.165) is 39.0 Å². The molecule has 1 N–H and O–H groups in total. The van der Waals surface area contributed by atoms with Crippen molar-refractivity contribution in [1.82, 2.24) is 4.98 Å². The number of carbonyl (C=O) groups excluding carboxylic acids is 1. The van der Waals surface area contributed by atoms with Crippen LogP contribution in [0.25, 0.3) is 16.5 Å². The highest BCUT2D eigenvalue weighted by Gasteiger charge is 2.26. The maximum atomic E-state index is 13.3. The third kappa shape index (κ3) is 2.60. The number of rotatable bonds is 2. The zero-order chi connectivity index (χ0) is 19.1. The van der Waals surface area contributed by atoms with Crippen molar-refractivity contribution in [2.45, 2.75) is 6.92 Å². The smallest absolute Gasteiger partial charge is 0.194 e. The molecule has 0 aliphatic heterocycles. The molecule has 3 nitrogen and oxygen atoms in total. The molecule has 0 atom stereocenters. The van der Waals surface area contributed by atoms with Crippen molar-refractivity contribution in [1.29, 1.82) is 0 Å². The molecule has 1 aliphatic carbocycles. The Morgan fingerprint density at radius 3 is 2.36 bits per heavy atom.